The molecule has 1 aliphatic rings. The van der Waals surface area contributed by atoms with Crippen molar-refractivity contribution in [2.45, 2.75) is 24.7 Å². The van der Waals surface area contributed by atoms with Crippen molar-refractivity contribution in [2.75, 3.05) is 39.0 Å². The van der Waals surface area contributed by atoms with Gasteiger partial charge >= 0.3 is 0 Å². The van der Waals surface area contributed by atoms with Crippen LogP contribution in [0.3, 0.4) is 0 Å². The molecule has 4 rings (SSSR count). The number of aryl methyl sites for hydroxylation is 2. The first-order valence-corrected chi connectivity index (χ1v) is 11.7. The molecule has 1 aliphatic heterocycles. The summed E-state index contributed by atoms with van der Waals surface area (Å²) in [6, 6.07) is 15.4. The molecule has 0 saturated carbocycles. The summed E-state index contributed by atoms with van der Waals surface area (Å²) >= 11 is 1.80. The third-order valence-corrected chi connectivity index (χ3v) is 6.86. The van der Waals surface area contributed by atoms with E-state index in [9.17, 15) is 0 Å². The molecule has 0 unspecified atom stereocenters. The Morgan fingerprint density at radius 1 is 1.10 bits per heavy atom. The molecule has 0 atom stereocenters. The molecule has 1 aromatic heterocycles. The van der Waals surface area contributed by atoms with E-state index < -0.39 is 0 Å². The summed E-state index contributed by atoms with van der Waals surface area (Å²) in [5.74, 6) is 0. The van der Waals surface area contributed by atoms with E-state index in [4.69, 9.17) is 0 Å². The molecule has 3 nitrogen and oxygen atoms in total. The van der Waals surface area contributed by atoms with Crippen molar-refractivity contribution in [3.05, 3.63) is 71.9 Å². The van der Waals surface area contributed by atoms with E-state index in [1.165, 1.54) is 51.2 Å². The smallest absolute Gasteiger partial charge is 0.0456 e. The van der Waals surface area contributed by atoms with Crippen LogP contribution in [-0.2, 0) is 6.42 Å². The molecular weight excluding hydrogens is 374 g/mol. The summed E-state index contributed by atoms with van der Waals surface area (Å²) in [7, 11) is 0. The third kappa shape index (κ3) is 4.54. The van der Waals surface area contributed by atoms with Gasteiger partial charge in [0.25, 0.3) is 0 Å². The van der Waals surface area contributed by atoms with Crippen LogP contribution < -0.4 is 0 Å². The lowest BCUT2D eigenvalue weighted by Gasteiger charge is -2.37. The standard InChI is InChI=1S/C25H31N3S/c1-19-18-26-24-11-10-21(17-23(19)24)7-6-12-27-13-15-28(16-14-27)20(2)22-8-4-5-9-25(22)29-3/h4-5,8-11,17-18,26H,2,6-7,12-16H2,1,3H3. The maximum Gasteiger partial charge on any atom is 0.0456 e. The minimum Gasteiger partial charge on any atom is -0.369 e. The maximum absolute atomic E-state index is 4.40. The Morgan fingerprint density at radius 2 is 1.90 bits per heavy atom. The van der Waals surface area contributed by atoms with Gasteiger partial charge < -0.3 is 9.88 Å². The highest BCUT2D eigenvalue weighted by molar-refractivity contribution is 7.98. The van der Waals surface area contributed by atoms with Gasteiger partial charge in [-0.25, -0.2) is 0 Å². The summed E-state index contributed by atoms with van der Waals surface area (Å²) in [5.41, 5.74) is 6.47. The van der Waals surface area contributed by atoms with Crippen LogP contribution in [0.5, 0.6) is 0 Å². The fraction of sp³-hybridized carbons (Fsp3) is 0.360. The van der Waals surface area contributed by atoms with Gasteiger partial charge in [0.2, 0.25) is 0 Å². The second-order valence-electron chi connectivity index (χ2n) is 7.93. The minimum atomic E-state index is 1.07. The highest BCUT2D eigenvalue weighted by atomic mass is 32.2. The number of aromatic amines is 1. The molecule has 4 heteroatoms. The van der Waals surface area contributed by atoms with Crippen LogP contribution in [0, 0.1) is 6.92 Å². The summed E-state index contributed by atoms with van der Waals surface area (Å²) in [4.78, 5) is 9.70. The molecule has 0 bridgehead atoms. The van der Waals surface area contributed by atoms with Crippen LogP contribution in [0.15, 0.2) is 60.1 Å². The Hall–Kier alpha value is -2.17. The molecule has 2 aromatic carbocycles. The molecule has 0 amide bonds. The van der Waals surface area contributed by atoms with Crippen LogP contribution in [0.2, 0.25) is 0 Å². The molecule has 1 fully saturated rings. The monoisotopic (exact) mass is 405 g/mol. The first-order valence-electron chi connectivity index (χ1n) is 10.5. The zero-order valence-electron chi connectivity index (χ0n) is 17.6. The minimum absolute atomic E-state index is 1.07. The summed E-state index contributed by atoms with van der Waals surface area (Å²) in [6.07, 6.45) is 6.60. The topological polar surface area (TPSA) is 22.3 Å². The number of fused-ring (bicyclic) bond motifs is 1. The molecule has 3 aromatic rings. The maximum atomic E-state index is 4.40. The van der Waals surface area contributed by atoms with Crippen molar-refractivity contribution >= 4 is 28.4 Å². The second kappa shape index (κ2) is 9.10. The fourth-order valence-corrected chi connectivity index (χ4v) is 4.88. The Bertz CT molecular complexity index is 983. The molecular formula is C25H31N3S. The Balaban J connectivity index is 1.26. The number of hydrogen-bond donors (Lipinski definition) is 1. The van der Waals surface area contributed by atoms with Crippen LogP contribution >= 0.6 is 11.8 Å². The SMILES string of the molecule is C=C(c1ccccc1SC)N1CCN(CCCc2ccc3[nH]cc(C)c3c2)CC1. The van der Waals surface area contributed by atoms with Gasteiger partial charge in [-0.05, 0) is 61.9 Å². The highest BCUT2D eigenvalue weighted by Crippen LogP contribution is 2.28. The Morgan fingerprint density at radius 3 is 2.69 bits per heavy atom. The zero-order chi connectivity index (χ0) is 20.2. The van der Waals surface area contributed by atoms with Crippen LogP contribution in [0.1, 0.15) is 23.1 Å². The summed E-state index contributed by atoms with van der Waals surface area (Å²) in [6.45, 7) is 12.1. The predicted octanol–water partition coefficient (Wildman–Crippen LogP) is 5.42. The van der Waals surface area contributed by atoms with Gasteiger partial charge in [-0.3, -0.25) is 4.90 Å². The Kier molecular flexibility index (Phi) is 6.31. The highest BCUT2D eigenvalue weighted by Gasteiger charge is 2.19. The number of nitrogens with one attached hydrogen (secondary N) is 1. The van der Waals surface area contributed by atoms with Crippen LogP contribution in [0.25, 0.3) is 16.6 Å². The lowest BCUT2D eigenvalue weighted by molar-refractivity contribution is 0.174. The van der Waals surface area contributed by atoms with Gasteiger partial charge in [0.1, 0.15) is 0 Å². The zero-order valence-corrected chi connectivity index (χ0v) is 18.4. The van der Waals surface area contributed by atoms with Crippen molar-refractivity contribution < 1.29 is 0 Å². The number of rotatable bonds is 7. The van der Waals surface area contributed by atoms with Gasteiger partial charge in [-0.15, -0.1) is 11.8 Å². The number of nitrogens with zero attached hydrogens (tertiary/aromatic N) is 2. The van der Waals surface area contributed by atoms with E-state index in [-0.39, 0.29) is 0 Å². The normalized spacial score (nSPS) is 15.2. The third-order valence-electron chi connectivity index (χ3n) is 6.06. The van der Waals surface area contributed by atoms with Crippen LogP contribution in [-0.4, -0.2) is 53.8 Å². The van der Waals surface area contributed by atoms with Gasteiger partial charge in [0.05, 0.1) is 0 Å². The fourth-order valence-electron chi connectivity index (χ4n) is 4.26. The van der Waals surface area contributed by atoms with Crippen LogP contribution in [0.4, 0.5) is 0 Å². The van der Waals surface area contributed by atoms with E-state index in [0.717, 1.165) is 32.6 Å². The number of benzene rings is 2. The predicted molar refractivity (Wildman–Crippen MR) is 127 cm³/mol. The number of H-pyrrole nitrogens is 1. The molecule has 0 radical (unpaired) electrons. The van der Waals surface area contributed by atoms with Crippen molar-refractivity contribution in [2.24, 2.45) is 0 Å². The molecule has 29 heavy (non-hydrogen) atoms. The molecule has 152 valence electrons. The van der Waals surface area contributed by atoms with Crippen molar-refractivity contribution in [3.8, 4) is 0 Å². The van der Waals surface area contributed by atoms with E-state index in [2.05, 4.69) is 83.2 Å². The van der Waals surface area contributed by atoms with Crippen molar-refractivity contribution in [3.63, 3.8) is 0 Å². The summed E-state index contributed by atoms with van der Waals surface area (Å²) in [5, 5.41) is 1.36. The quantitative estimate of drug-likeness (QED) is 0.531. The number of thioether (sulfide) groups is 1. The number of aromatic nitrogens is 1. The largest absolute Gasteiger partial charge is 0.369 e. The van der Waals surface area contributed by atoms with Gasteiger partial charge in [0, 0.05) is 59.4 Å². The van der Waals surface area contributed by atoms with E-state index in [1.807, 2.05) is 0 Å². The van der Waals surface area contributed by atoms with E-state index in [0.29, 0.717) is 0 Å². The van der Waals surface area contributed by atoms with E-state index >= 15 is 0 Å². The van der Waals surface area contributed by atoms with Crippen molar-refractivity contribution in [1.82, 2.24) is 14.8 Å². The first kappa shape index (κ1) is 20.1. The number of hydrogen-bond acceptors (Lipinski definition) is 3. The second-order valence-corrected chi connectivity index (χ2v) is 8.78. The lowest BCUT2D eigenvalue weighted by atomic mass is 10.1. The molecule has 1 saturated heterocycles. The molecule has 1 N–H and O–H groups in total. The van der Waals surface area contributed by atoms with Gasteiger partial charge in [-0.1, -0.05) is 30.8 Å². The van der Waals surface area contributed by atoms with Gasteiger partial charge in [0.15, 0.2) is 0 Å². The molecule has 0 aliphatic carbocycles. The van der Waals surface area contributed by atoms with Crippen molar-refractivity contribution in [1.29, 1.82) is 0 Å². The average molecular weight is 406 g/mol. The van der Waals surface area contributed by atoms with Gasteiger partial charge in [-0.2, -0.15) is 0 Å². The Labute approximate surface area is 178 Å². The summed E-state index contributed by atoms with van der Waals surface area (Å²) < 4.78 is 0. The lowest BCUT2D eigenvalue weighted by Crippen LogP contribution is -2.45. The number of piperazine rings is 1. The first-order chi connectivity index (χ1) is 14.2. The molecule has 0 spiro atoms. The average Bonchev–Trinajstić information content (AvgIpc) is 3.14. The molecule has 2 heterocycles. The van der Waals surface area contributed by atoms with E-state index in [1.54, 1.807) is 11.8 Å².